The fourth-order valence-corrected chi connectivity index (χ4v) is 2.32. The zero-order chi connectivity index (χ0) is 16.0. The molecule has 0 atom stereocenters. The highest BCUT2D eigenvalue weighted by Crippen LogP contribution is 2.27. The Kier molecular flexibility index (Phi) is 6.35. The van der Waals surface area contributed by atoms with Crippen LogP contribution in [0.1, 0.15) is 32.6 Å². The molecule has 0 saturated heterocycles. The fourth-order valence-electron chi connectivity index (χ4n) is 2.03. The summed E-state index contributed by atoms with van der Waals surface area (Å²) in [7, 11) is -4.37. The van der Waals surface area contributed by atoms with E-state index in [1.165, 1.54) is 0 Å². The SMILES string of the molecule is C=C(C)C(=O)OC1CCC(C(=O)OCCS(=O)(=O)[O-])CC1. The normalized spacial score (nSPS) is 22.4. The number of hydrogen-bond acceptors (Lipinski definition) is 7. The Hall–Kier alpha value is -1.41. The summed E-state index contributed by atoms with van der Waals surface area (Å²) in [5, 5.41) is 0. The third kappa shape index (κ3) is 6.72. The van der Waals surface area contributed by atoms with Crippen molar-refractivity contribution in [3.8, 4) is 0 Å². The van der Waals surface area contributed by atoms with E-state index in [2.05, 4.69) is 6.58 Å². The standard InChI is InChI=1S/C13H20O7S/c1-9(2)12(14)20-11-5-3-10(4-6-11)13(15)19-7-8-21(16,17)18/h10-11H,1,3-8H2,2H3,(H,16,17,18)/p-1. The summed E-state index contributed by atoms with van der Waals surface area (Å²) in [5.41, 5.74) is 0.329. The van der Waals surface area contributed by atoms with Gasteiger partial charge in [-0.2, -0.15) is 0 Å². The quantitative estimate of drug-likeness (QED) is 0.403. The largest absolute Gasteiger partial charge is 0.748 e. The molecule has 0 aromatic carbocycles. The van der Waals surface area contributed by atoms with Gasteiger partial charge >= 0.3 is 11.9 Å². The van der Waals surface area contributed by atoms with Crippen molar-refractivity contribution in [2.24, 2.45) is 5.92 Å². The predicted molar refractivity (Wildman–Crippen MR) is 72.2 cm³/mol. The molecule has 0 amide bonds. The van der Waals surface area contributed by atoms with Gasteiger partial charge in [0.2, 0.25) is 0 Å². The van der Waals surface area contributed by atoms with Crippen LogP contribution in [-0.2, 0) is 29.2 Å². The highest BCUT2D eigenvalue weighted by molar-refractivity contribution is 7.85. The second-order valence-corrected chi connectivity index (χ2v) is 6.61. The lowest BCUT2D eigenvalue weighted by atomic mass is 9.87. The number of hydrogen-bond donors (Lipinski definition) is 0. The van der Waals surface area contributed by atoms with E-state index >= 15 is 0 Å². The average molecular weight is 319 g/mol. The first-order valence-corrected chi connectivity index (χ1v) is 8.23. The van der Waals surface area contributed by atoms with E-state index in [1.807, 2.05) is 0 Å². The van der Waals surface area contributed by atoms with Crippen LogP contribution in [0.4, 0.5) is 0 Å². The molecule has 0 unspecified atom stereocenters. The zero-order valence-electron chi connectivity index (χ0n) is 11.9. The molecule has 0 bridgehead atoms. The Morgan fingerprint density at radius 2 is 1.81 bits per heavy atom. The minimum Gasteiger partial charge on any atom is -0.748 e. The van der Waals surface area contributed by atoms with Gasteiger partial charge < -0.3 is 14.0 Å². The van der Waals surface area contributed by atoms with Crippen molar-refractivity contribution in [1.29, 1.82) is 0 Å². The van der Waals surface area contributed by atoms with E-state index in [0.717, 1.165) is 0 Å². The topological polar surface area (TPSA) is 110 Å². The first kappa shape index (κ1) is 17.6. The first-order valence-electron chi connectivity index (χ1n) is 6.65. The van der Waals surface area contributed by atoms with Gasteiger partial charge in [-0.05, 0) is 32.6 Å². The maximum absolute atomic E-state index is 11.7. The van der Waals surface area contributed by atoms with E-state index in [4.69, 9.17) is 9.47 Å². The van der Waals surface area contributed by atoms with Gasteiger partial charge in [0, 0.05) is 5.57 Å². The van der Waals surface area contributed by atoms with Gasteiger partial charge in [-0.3, -0.25) is 4.79 Å². The second kappa shape index (κ2) is 7.56. The van der Waals surface area contributed by atoms with Crippen LogP contribution in [0.3, 0.4) is 0 Å². The van der Waals surface area contributed by atoms with Crippen LogP contribution in [0.2, 0.25) is 0 Å². The molecule has 21 heavy (non-hydrogen) atoms. The van der Waals surface area contributed by atoms with Crippen LogP contribution in [-0.4, -0.2) is 43.4 Å². The molecule has 120 valence electrons. The van der Waals surface area contributed by atoms with Crippen molar-refractivity contribution in [1.82, 2.24) is 0 Å². The molecule has 0 radical (unpaired) electrons. The molecule has 0 N–H and O–H groups in total. The van der Waals surface area contributed by atoms with Crippen molar-refractivity contribution in [3.63, 3.8) is 0 Å². The maximum Gasteiger partial charge on any atom is 0.333 e. The van der Waals surface area contributed by atoms with E-state index in [0.29, 0.717) is 31.3 Å². The molecule has 1 rings (SSSR count). The molecule has 1 fully saturated rings. The molecule has 0 aromatic rings. The van der Waals surface area contributed by atoms with E-state index in [9.17, 15) is 22.6 Å². The van der Waals surface area contributed by atoms with E-state index in [1.54, 1.807) is 6.92 Å². The Labute approximate surface area is 124 Å². The van der Waals surface area contributed by atoms with E-state index in [-0.39, 0.29) is 12.0 Å². The first-order chi connectivity index (χ1) is 9.69. The number of esters is 2. The lowest BCUT2D eigenvalue weighted by molar-refractivity contribution is -0.152. The Morgan fingerprint density at radius 1 is 1.24 bits per heavy atom. The molecular formula is C13H19O7S-. The highest BCUT2D eigenvalue weighted by Gasteiger charge is 2.29. The van der Waals surface area contributed by atoms with Crippen LogP contribution in [0.25, 0.3) is 0 Å². The summed E-state index contributed by atoms with van der Waals surface area (Å²) in [6.07, 6.45) is 1.84. The Morgan fingerprint density at radius 3 is 2.29 bits per heavy atom. The molecule has 0 aliphatic heterocycles. The summed E-state index contributed by atoms with van der Waals surface area (Å²) in [4.78, 5) is 23.0. The summed E-state index contributed by atoms with van der Waals surface area (Å²) < 4.78 is 41.1. The van der Waals surface area contributed by atoms with Crippen molar-refractivity contribution in [3.05, 3.63) is 12.2 Å². The molecule has 0 aromatic heterocycles. The van der Waals surface area contributed by atoms with Crippen molar-refractivity contribution in [2.45, 2.75) is 38.7 Å². The molecule has 0 heterocycles. The Balaban J connectivity index is 2.30. The van der Waals surface area contributed by atoms with Gasteiger partial charge in [0.25, 0.3) is 0 Å². The second-order valence-electron chi connectivity index (χ2n) is 5.09. The minimum atomic E-state index is -4.37. The van der Waals surface area contributed by atoms with Crippen LogP contribution < -0.4 is 0 Å². The van der Waals surface area contributed by atoms with Crippen molar-refractivity contribution >= 4 is 22.1 Å². The van der Waals surface area contributed by atoms with Gasteiger partial charge in [-0.1, -0.05) is 6.58 Å². The number of carbonyl (C=O) groups excluding carboxylic acids is 2. The van der Waals surface area contributed by atoms with Crippen LogP contribution in [0.5, 0.6) is 0 Å². The summed E-state index contributed by atoms with van der Waals surface area (Å²) in [6.45, 7) is 4.64. The average Bonchev–Trinajstić information content (AvgIpc) is 2.37. The van der Waals surface area contributed by atoms with E-state index < -0.39 is 34.4 Å². The zero-order valence-corrected chi connectivity index (χ0v) is 12.7. The summed E-state index contributed by atoms with van der Waals surface area (Å²) in [5.74, 6) is -2.02. The van der Waals surface area contributed by atoms with Gasteiger partial charge in [-0.25, -0.2) is 13.2 Å². The monoisotopic (exact) mass is 319 g/mol. The van der Waals surface area contributed by atoms with Crippen molar-refractivity contribution < 1.29 is 32.0 Å². The molecule has 7 nitrogen and oxygen atoms in total. The molecule has 8 heteroatoms. The third-order valence-electron chi connectivity index (χ3n) is 3.21. The smallest absolute Gasteiger partial charge is 0.333 e. The van der Waals surface area contributed by atoms with Crippen LogP contribution >= 0.6 is 0 Å². The maximum atomic E-state index is 11.7. The van der Waals surface area contributed by atoms with Gasteiger partial charge in [0.05, 0.1) is 21.8 Å². The van der Waals surface area contributed by atoms with Gasteiger partial charge in [-0.15, -0.1) is 0 Å². The van der Waals surface area contributed by atoms with Gasteiger partial charge in [0.15, 0.2) is 0 Å². The minimum absolute atomic E-state index is 0.236. The molecule has 0 spiro atoms. The molecule has 1 aliphatic carbocycles. The number of ether oxygens (including phenoxy) is 2. The number of carbonyl (C=O) groups is 2. The molecular weight excluding hydrogens is 300 g/mol. The third-order valence-corrected chi connectivity index (χ3v) is 3.87. The predicted octanol–water partition coefficient (Wildman–Crippen LogP) is 0.753. The van der Waals surface area contributed by atoms with Crippen molar-refractivity contribution in [2.75, 3.05) is 12.4 Å². The van der Waals surface area contributed by atoms with Crippen LogP contribution in [0, 0.1) is 5.92 Å². The lowest BCUT2D eigenvalue weighted by Crippen LogP contribution is -2.29. The summed E-state index contributed by atoms with van der Waals surface area (Å²) in [6, 6.07) is 0. The highest BCUT2D eigenvalue weighted by atomic mass is 32.2. The Bertz CT molecular complexity index is 501. The molecule has 1 aliphatic rings. The molecule has 1 saturated carbocycles. The fraction of sp³-hybridized carbons (Fsp3) is 0.692. The lowest BCUT2D eigenvalue weighted by Gasteiger charge is -2.27. The van der Waals surface area contributed by atoms with Crippen LogP contribution in [0.15, 0.2) is 12.2 Å². The summed E-state index contributed by atoms with van der Waals surface area (Å²) >= 11 is 0. The number of rotatable bonds is 6. The van der Waals surface area contributed by atoms with Gasteiger partial charge in [0.1, 0.15) is 12.7 Å².